The molecule has 13 heavy (non-hydrogen) atoms. The van der Waals surface area contributed by atoms with Gasteiger partial charge in [0.05, 0.1) is 5.69 Å². The number of unbranched alkanes of at least 4 members (excludes halogenated alkanes) is 3. The third-order valence-electron chi connectivity index (χ3n) is 1.96. The van der Waals surface area contributed by atoms with Crippen LogP contribution in [-0.4, -0.2) is 11.3 Å². The normalized spacial score (nSPS) is 10.2. The van der Waals surface area contributed by atoms with Crippen LogP contribution in [0.4, 0.5) is 0 Å². The fourth-order valence-corrected chi connectivity index (χ4v) is 1.88. The van der Waals surface area contributed by atoms with Gasteiger partial charge in [0.15, 0.2) is 11.3 Å². The number of hydrogen-bond donors (Lipinski definition) is 0. The summed E-state index contributed by atoms with van der Waals surface area (Å²) < 4.78 is 0. The number of nitrogens with zero attached hydrogens (tertiary/aromatic N) is 1. The van der Waals surface area contributed by atoms with Crippen molar-refractivity contribution in [3.05, 3.63) is 16.1 Å². The van der Waals surface area contributed by atoms with E-state index >= 15 is 0 Å². The van der Waals surface area contributed by atoms with Crippen molar-refractivity contribution in [3.8, 4) is 0 Å². The fourth-order valence-electron chi connectivity index (χ4n) is 1.22. The number of thiazole rings is 1. The Morgan fingerprint density at radius 2 is 2.31 bits per heavy atom. The van der Waals surface area contributed by atoms with Crippen LogP contribution in [0.15, 0.2) is 5.38 Å². The van der Waals surface area contributed by atoms with Crippen LogP contribution in [-0.2, 0) is 6.42 Å². The zero-order valence-corrected chi connectivity index (χ0v) is 8.77. The van der Waals surface area contributed by atoms with Gasteiger partial charge in [-0.05, 0) is 12.8 Å². The van der Waals surface area contributed by atoms with Crippen molar-refractivity contribution in [2.24, 2.45) is 0 Å². The molecule has 0 N–H and O–H groups in total. The molecule has 0 amide bonds. The molecule has 0 saturated heterocycles. The Kier molecular flexibility index (Phi) is 4.68. The highest BCUT2D eigenvalue weighted by Gasteiger charge is 1.99. The van der Waals surface area contributed by atoms with Crippen LogP contribution in [0.5, 0.6) is 0 Å². The van der Waals surface area contributed by atoms with Crippen molar-refractivity contribution in [3.63, 3.8) is 0 Å². The van der Waals surface area contributed by atoms with Crippen molar-refractivity contribution >= 4 is 17.6 Å². The summed E-state index contributed by atoms with van der Waals surface area (Å²) in [5.74, 6) is 0. The molecule has 0 fully saturated rings. The molecule has 0 atom stereocenters. The SMILES string of the molecule is CCCCCCc1csc(C=O)n1. The highest BCUT2D eigenvalue weighted by atomic mass is 32.1. The lowest BCUT2D eigenvalue weighted by molar-refractivity contribution is 0.112. The van der Waals surface area contributed by atoms with E-state index < -0.39 is 0 Å². The lowest BCUT2D eigenvalue weighted by atomic mass is 10.1. The van der Waals surface area contributed by atoms with E-state index in [0.29, 0.717) is 5.01 Å². The standard InChI is InChI=1S/C10H15NOS/c1-2-3-4-5-6-9-8-13-10(7-12)11-9/h7-8H,2-6H2,1H3. The first-order valence-corrected chi connectivity index (χ1v) is 5.64. The van der Waals surface area contributed by atoms with Crippen molar-refractivity contribution in [1.82, 2.24) is 4.98 Å². The zero-order chi connectivity index (χ0) is 9.52. The minimum Gasteiger partial charge on any atom is -0.295 e. The van der Waals surface area contributed by atoms with Crippen molar-refractivity contribution < 1.29 is 4.79 Å². The molecule has 0 saturated carbocycles. The van der Waals surface area contributed by atoms with Gasteiger partial charge in [-0.1, -0.05) is 26.2 Å². The molecule has 1 aromatic heterocycles. The second kappa shape index (κ2) is 5.86. The summed E-state index contributed by atoms with van der Waals surface area (Å²) in [7, 11) is 0. The van der Waals surface area contributed by atoms with Gasteiger partial charge in [0, 0.05) is 5.38 Å². The van der Waals surface area contributed by atoms with Gasteiger partial charge in [-0.25, -0.2) is 4.98 Å². The molecule has 3 heteroatoms. The molecule has 0 aliphatic carbocycles. The van der Waals surface area contributed by atoms with E-state index in [2.05, 4.69) is 11.9 Å². The molecule has 1 rings (SSSR count). The van der Waals surface area contributed by atoms with E-state index in [-0.39, 0.29) is 0 Å². The summed E-state index contributed by atoms with van der Waals surface area (Å²) in [4.78, 5) is 14.5. The van der Waals surface area contributed by atoms with Crippen LogP contribution < -0.4 is 0 Å². The third-order valence-corrected chi connectivity index (χ3v) is 2.78. The first-order valence-electron chi connectivity index (χ1n) is 4.76. The number of aromatic nitrogens is 1. The average Bonchev–Trinajstić information content (AvgIpc) is 2.60. The molecule has 0 spiro atoms. The van der Waals surface area contributed by atoms with Gasteiger partial charge in [-0.3, -0.25) is 4.79 Å². The highest BCUT2D eigenvalue weighted by Crippen LogP contribution is 2.11. The summed E-state index contributed by atoms with van der Waals surface area (Å²) in [6, 6.07) is 0. The minimum absolute atomic E-state index is 0.602. The van der Waals surface area contributed by atoms with Crippen molar-refractivity contribution in [2.45, 2.75) is 39.0 Å². The van der Waals surface area contributed by atoms with E-state index in [0.717, 1.165) is 18.4 Å². The molecule has 1 aromatic rings. The number of carbonyl (C=O) groups excluding carboxylic acids is 1. The lowest BCUT2D eigenvalue weighted by Gasteiger charge is -1.95. The predicted molar refractivity (Wildman–Crippen MR) is 55.3 cm³/mol. The molecule has 1 heterocycles. The Morgan fingerprint density at radius 3 is 2.92 bits per heavy atom. The van der Waals surface area contributed by atoms with E-state index in [1.165, 1.54) is 37.0 Å². The fraction of sp³-hybridized carbons (Fsp3) is 0.600. The van der Waals surface area contributed by atoms with Crippen LogP contribution in [0, 0.1) is 0 Å². The monoisotopic (exact) mass is 197 g/mol. The van der Waals surface area contributed by atoms with Crippen LogP contribution in [0.2, 0.25) is 0 Å². The topological polar surface area (TPSA) is 30.0 Å². The summed E-state index contributed by atoms with van der Waals surface area (Å²) >= 11 is 1.43. The molecule has 0 radical (unpaired) electrons. The largest absolute Gasteiger partial charge is 0.295 e. The molecular formula is C10H15NOS. The van der Waals surface area contributed by atoms with Gasteiger partial charge in [0.2, 0.25) is 0 Å². The predicted octanol–water partition coefficient (Wildman–Crippen LogP) is 3.08. The summed E-state index contributed by atoms with van der Waals surface area (Å²) in [6.45, 7) is 2.20. The first kappa shape index (κ1) is 10.4. The average molecular weight is 197 g/mol. The maximum atomic E-state index is 10.3. The molecule has 0 unspecified atom stereocenters. The van der Waals surface area contributed by atoms with Gasteiger partial charge >= 0.3 is 0 Å². The number of aryl methyl sites for hydroxylation is 1. The Balaban J connectivity index is 2.24. The number of rotatable bonds is 6. The van der Waals surface area contributed by atoms with Crippen molar-refractivity contribution in [2.75, 3.05) is 0 Å². The first-order chi connectivity index (χ1) is 6.36. The van der Waals surface area contributed by atoms with Crippen LogP contribution >= 0.6 is 11.3 Å². The highest BCUT2D eigenvalue weighted by molar-refractivity contribution is 7.11. The summed E-state index contributed by atoms with van der Waals surface area (Å²) in [5.41, 5.74) is 1.07. The minimum atomic E-state index is 0.602. The van der Waals surface area contributed by atoms with Gasteiger partial charge in [-0.15, -0.1) is 11.3 Å². The smallest absolute Gasteiger partial charge is 0.178 e. The van der Waals surface area contributed by atoms with Gasteiger partial charge in [0.1, 0.15) is 0 Å². The zero-order valence-electron chi connectivity index (χ0n) is 7.95. The van der Waals surface area contributed by atoms with Gasteiger partial charge in [0.25, 0.3) is 0 Å². The molecule has 0 aliphatic rings. The van der Waals surface area contributed by atoms with Crippen LogP contribution in [0.25, 0.3) is 0 Å². The van der Waals surface area contributed by atoms with Gasteiger partial charge in [-0.2, -0.15) is 0 Å². The number of carbonyl (C=O) groups is 1. The number of hydrogen-bond acceptors (Lipinski definition) is 3. The van der Waals surface area contributed by atoms with Crippen LogP contribution in [0.1, 0.15) is 48.1 Å². The Morgan fingerprint density at radius 1 is 1.46 bits per heavy atom. The summed E-state index contributed by atoms with van der Waals surface area (Å²) in [5, 5.41) is 2.58. The molecule has 72 valence electrons. The third kappa shape index (κ3) is 3.68. The molecular weight excluding hydrogens is 182 g/mol. The van der Waals surface area contributed by atoms with E-state index in [4.69, 9.17) is 0 Å². The lowest BCUT2D eigenvalue weighted by Crippen LogP contribution is -1.86. The summed E-state index contributed by atoms with van der Waals surface area (Å²) in [6.07, 6.45) is 6.85. The van der Waals surface area contributed by atoms with Gasteiger partial charge < -0.3 is 0 Å². The van der Waals surface area contributed by atoms with Crippen molar-refractivity contribution in [1.29, 1.82) is 0 Å². The van der Waals surface area contributed by atoms with E-state index in [1.807, 2.05) is 5.38 Å². The maximum Gasteiger partial charge on any atom is 0.178 e. The molecule has 0 bridgehead atoms. The quantitative estimate of drug-likeness (QED) is 0.518. The molecule has 2 nitrogen and oxygen atoms in total. The second-order valence-electron chi connectivity index (χ2n) is 3.11. The number of aldehydes is 1. The Labute approximate surface area is 83.0 Å². The molecule has 0 aromatic carbocycles. The van der Waals surface area contributed by atoms with E-state index in [9.17, 15) is 4.79 Å². The Hall–Kier alpha value is -0.700. The van der Waals surface area contributed by atoms with E-state index in [1.54, 1.807) is 0 Å². The second-order valence-corrected chi connectivity index (χ2v) is 4.00. The Bertz CT molecular complexity index is 257. The maximum absolute atomic E-state index is 10.3. The molecule has 0 aliphatic heterocycles. The van der Waals surface area contributed by atoms with Crippen LogP contribution in [0.3, 0.4) is 0 Å².